The van der Waals surface area contributed by atoms with Crippen LogP contribution in [-0.4, -0.2) is 28.3 Å². The molecule has 1 aromatic heterocycles. The highest BCUT2D eigenvalue weighted by Crippen LogP contribution is 2.25. The third-order valence-electron chi connectivity index (χ3n) is 2.73. The molecule has 1 N–H and O–H groups in total. The van der Waals surface area contributed by atoms with Crippen molar-refractivity contribution in [2.45, 2.75) is 25.7 Å². The molecular weight excluding hydrogens is 176 g/mol. The Morgan fingerprint density at radius 2 is 2.14 bits per heavy atom. The lowest BCUT2D eigenvalue weighted by Crippen LogP contribution is -2.42. The van der Waals surface area contributed by atoms with E-state index in [9.17, 15) is 0 Å². The van der Waals surface area contributed by atoms with Gasteiger partial charge in [-0.1, -0.05) is 19.9 Å². The maximum Gasteiger partial charge on any atom is 0.0429 e. The maximum atomic E-state index is 9.04. The second kappa shape index (κ2) is 3.67. The van der Waals surface area contributed by atoms with Crippen LogP contribution in [0.3, 0.4) is 0 Å². The fourth-order valence-corrected chi connectivity index (χ4v) is 1.67. The fourth-order valence-electron chi connectivity index (χ4n) is 1.67. The van der Waals surface area contributed by atoms with Crippen LogP contribution in [0.5, 0.6) is 0 Å². The van der Waals surface area contributed by atoms with E-state index in [1.165, 1.54) is 10.6 Å². The van der Waals surface area contributed by atoms with Gasteiger partial charge in [-0.2, -0.15) is 5.06 Å². The highest BCUT2D eigenvalue weighted by molar-refractivity contribution is 5.22. The van der Waals surface area contributed by atoms with E-state index in [1.807, 2.05) is 6.20 Å². The molecule has 1 aliphatic rings. The van der Waals surface area contributed by atoms with Gasteiger partial charge in [-0.25, -0.2) is 0 Å². The Labute approximate surface area is 84.3 Å². The van der Waals surface area contributed by atoms with Crippen molar-refractivity contribution in [1.29, 1.82) is 0 Å². The smallest absolute Gasteiger partial charge is 0.0429 e. The van der Waals surface area contributed by atoms with Gasteiger partial charge in [-0.05, 0) is 17.5 Å². The summed E-state index contributed by atoms with van der Waals surface area (Å²) >= 11 is 0. The first-order valence-corrected chi connectivity index (χ1v) is 5.06. The molecule has 0 radical (unpaired) electrons. The van der Waals surface area contributed by atoms with Crippen LogP contribution < -0.4 is 0 Å². The SMILES string of the molecule is CC(C)c1ccc(C2CN(O)C2)cn1. The van der Waals surface area contributed by atoms with Crippen LogP contribution in [0.25, 0.3) is 0 Å². The van der Waals surface area contributed by atoms with E-state index >= 15 is 0 Å². The standard InChI is InChI=1S/C11H16N2O/c1-8(2)11-4-3-9(5-12-11)10-6-13(14)7-10/h3-5,8,10,14H,6-7H2,1-2H3. The van der Waals surface area contributed by atoms with Crippen LogP contribution in [0.2, 0.25) is 0 Å². The van der Waals surface area contributed by atoms with Gasteiger partial charge in [-0.3, -0.25) is 4.98 Å². The monoisotopic (exact) mass is 192 g/mol. The van der Waals surface area contributed by atoms with Crippen molar-refractivity contribution in [3.63, 3.8) is 0 Å². The molecular formula is C11H16N2O. The van der Waals surface area contributed by atoms with E-state index in [0.717, 1.165) is 18.8 Å². The molecule has 0 aromatic carbocycles. The van der Waals surface area contributed by atoms with Crippen LogP contribution in [0.1, 0.15) is 36.9 Å². The van der Waals surface area contributed by atoms with Crippen LogP contribution in [0, 0.1) is 0 Å². The van der Waals surface area contributed by atoms with Gasteiger partial charge in [0.15, 0.2) is 0 Å². The van der Waals surface area contributed by atoms with Crippen LogP contribution in [0.4, 0.5) is 0 Å². The molecule has 1 fully saturated rings. The molecule has 0 spiro atoms. The first-order valence-electron chi connectivity index (χ1n) is 5.06. The van der Waals surface area contributed by atoms with Crippen molar-refractivity contribution in [1.82, 2.24) is 10.0 Å². The normalized spacial score (nSPS) is 18.6. The van der Waals surface area contributed by atoms with Crippen LogP contribution in [-0.2, 0) is 0 Å². The topological polar surface area (TPSA) is 36.4 Å². The molecule has 1 aromatic rings. The maximum absolute atomic E-state index is 9.04. The van der Waals surface area contributed by atoms with Crippen molar-refractivity contribution in [3.8, 4) is 0 Å². The Balaban J connectivity index is 2.07. The van der Waals surface area contributed by atoms with Gasteiger partial charge >= 0.3 is 0 Å². The second-order valence-corrected chi connectivity index (χ2v) is 4.24. The van der Waals surface area contributed by atoms with Gasteiger partial charge in [0.05, 0.1) is 0 Å². The Morgan fingerprint density at radius 1 is 1.43 bits per heavy atom. The zero-order valence-corrected chi connectivity index (χ0v) is 8.64. The van der Waals surface area contributed by atoms with E-state index in [-0.39, 0.29) is 0 Å². The summed E-state index contributed by atoms with van der Waals surface area (Å²) in [5.41, 5.74) is 2.37. The molecule has 2 heterocycles. The van der Waals surface area contributed by atoms with Gasteiger partial charge in [0.2, 0.25) is 0 Å². The number of hydrogen-bond donors (Lipinski definition) is 1. The van der Waals surface area contributed by atoms with E-state index < -0.39 is 0 Å². The predicted octanol–water partition coefficient (Wildman–Crippen LogP) is 1.99. The molecule has 1 saturated heterocycles. The first-order chi connectivity index (χ1) is 6.66. The second-order valence-electron chi connectivity index (χ2n) is 4.24. The third kappa shape index (κ3) is 1.79. The van der Waals surface area contributed by atoms with Crippen molar-refractivity contribution in [3.05, 3.63) is 29.6 Å². The predicted molar refractivity (Wildman–Crippen MR) is 54.4 cm³/mol. The molecule has 0 bridgehead atoms. The molecule has 76 valence electrons. The minimum Gasteiger partial charge on any atom is -0.314 e. The Hall–Kier alpha value is -0.930. The highest BCUT2D eigenvalue weighted by atomic mass is 16.5. The summed E-state index contributed by atoms with van der Waals surface area (Å²) in [6, 6.07) is 4.21. The van der Waals surface area contributed by atoms with E-state index in [0.29, 0.717) is 11.8 Å². The lowest BCUT2D eigenvalue weighted by atomic mass is 9.94. The quantitative estimate of drug-likeness (QED) is 0.778. The van der Waals surface area contributed by atoms with Crippen LogP contribution >= 0.6 is 0 Å². The average molecular weight is 192 g/mol. The number of rotatable bonds is 2. The lowest BCUT2D eigenvalue weighted by molar-refractivity contribution is -0.149. The molecule has 0 atom stereocenters. The van der Waals surface area contributed by atoms with Gasteiger partial charge in [0, 0.05) is 30.9 Å². The van der Waals surface area contributed by atoms with Crippen molar-refractivity contribution in [2.24, 2.45) is 0 Å². The first kappa shape index (κ1) is 9.62. The molecule has 2 rings (SSSR count). The zero-order valence-electron chi connectivity index (χ0n) is 8.64. The third-order valence-corrected chi connectivity index (χ3v) is 2.73. The molecule has 14 heavy (non-hydrogen) atoms. The largest absolute Gasteiger partial charge is 0.314 e. The molecule has 0 unspecified atom stereocenters. The summed E-state index contributed by atoms with van der Waals surface area (Å²) < 4.78 is 0. The molecule has 3 nitrogen and oxygen atoms in total. The molecule has 0 amide bonds. The summed E-state index contributed by atoms with van der Waals surface area (Å²) in [5, 5.41) is 10.4. The van der Waals surface area contributed by atoms with Gasteiger partial charge < -0.3 is 5.21 Å². The van der Waals surface area contributed by atoms with Crippen molar-refractivity contribution >= 4 is 0 Å². The number of nitrogens with zero attached hydrogens (tertiary/aromatic N) is 2. The summed E-state index contributed by atoms with van der Waals surface area (Å²) in [4.78, 5) is 4.41. The summed E-state index contributed by atoms with van der Waals surface area (Å²) in [5.74, 6) is 0.952. The van der Waals surface area contributed by atoms with Crippen LogP contribution in [0.15, 0.2) is 18.3 Å². The van der Waals surface area contributed by atoms with Gasteiger partial charge in [0.1, 0.15) is 0 Å². The van der Waals surface area contributed by atoms with Gasteiger partial charge in [-0.15, -0.1) is 0 Å². The Morgan fingerprint density at radius 3 is 2.57 bits per heavy atom. The number of aromatic nitrogens is 1. The average Bonchev–Trinajstić information content (AvgIpc) is 2.13. The van der Waals surface area contributed by atoms with Crippen molar-refractivity contribution < 1.29 is 5.21 Å². The zero-order chi connectivity index (χ0) is 10.1. The van der Waals surface area contributed by atoms with E-state index in [4.69, 9.17) is 5.21 Å². The summed E-state index contributed by atoms with van der Waals surface area (Å²) in [6.07, 6.45) is 1.94. The summed E-state index contributed by atoms with van der Waals surface area (Å²) in [6.45, 7) is 5.76. The molecule has 0 aliphatic carbocycles. The molecule has 3 heteroatoms. The molecule has 1 aliphatic heterocycles. The van der Waals surface area contributed by atoms with E-state index in [2.05, 4.69) is 31.0 Å². The minimum absolute atomic E-state index is 0.466. The number of pyridine rings is 1. The van der Waals surface area contributed by atoms with Gasteiger partial charge in [0.25, 0.3) is 0 Å². The number of hydrogen-bond acceptors (Lipinski definition) is 3. The Bertz CT molecular complexity index is 302. The summed E-state index contributed by atoms with van der Waals surface area (Å²) in [7, 11) is 0. The fraction of sp³-hybridized carbons (Fsp3) is 0.545. The highest BCUT2D eigenvalue weighted by Gasteiger charge is 2.26. The Kier molecular flexibility index (Phi) is 2.52. The number of hydroxylamine groups is 2. The lowest BCUT2D eigenvalue weighted by Gasteiger charge is -2.34. The van der Waals surface area contributed by atoms with Crippen molar-refractivity contribution in [2.75, 3.05) is 13.1 Å². The van der Waals surface area contributed by atoms with E-state index in [1.54, 1.807) is 0 Å². The minimum atomic E-state index is 0.466. The molecule has 0 saturated carbocycles.